The van der Waals surface area contributed by atoms with E-state index in [1.54, 1.807) is 18.3 Å². The zero-order valence-electron chi connectivity index (χ0n) is 13.7. The van der Waals surface area contributed by atoms with Crippen LogP contribution in [0.1, 0.15) is 17.2 Å². The molecule has 2 atom stereocenters. The molecule has 0 radical (unpaired) electrons. The van der Waals surface area contributed by atoms with Gasteiger partial charge in [0.1, 0.15) is 5.82 Å². The standard InChI is InChI=1S/C17H15ClFN3O4/c1-25-16-10(3-2-6-20-16)14(9-4-5-12(19)11(18)7-9)22-15(23)13-8-21-17(24)26-13/h2-7,13-14H,8H2,1H3,(H,21,24)(H,22,23)/t13?,14-/m1/s1. The van der Waals surface area contributed by atoms with E-state index in [0.717, 1.165) is 0 Å². The molecule has 0 aliphatic carbocycles. The largest absolute Gasteiger partial charge is 0.481 e. The topological polar surface area (TPSA) is 89.5 Å². The third-order valence-electron chi connectivity index (χ3n) is 3.84. The monoisotopic (exact) mass is 379 g/mol. The van der Waals surface area contributed by atoms with Crippen LogP contribution in [0.25, 0.3) is 0 Å². The number of hydrogen-bond donors (Lipinski definition) is 2. The smallest absolute Gasteiger partial charge is 0.408 e. The number of hydrogen-bond acceptors (Lipinski definition) is 5. The second kappa shape index (κ2) is 7.57. The van der Waals surface area contributed by atoms with Gasteiger partial charge in [0.2, 0.25) is 5.88 Å². The van der Waals surface area contributed by atoms with Gasteiger partial charge >= 0.3 is 6.09 Å². The number of amides is 2. The molecule has 9 heteroatoms. The first-order chi connectivity index (χ1) is 12.5. The zero-order valence-corrected chi connectivity index (χ0v) is 14.4. The minimum Gasteiger partial charge on any atom is -0.481 e. The number of aromatic nitrogens is 1. The summed E-state index contributed by atoms with van der Waals surface area (Å²) >= 11 is 5.89. The van der Waals surface area contributed by atoms with E-state index in [2.05, 4.69) is 15.6 Å². The molecule has 1 fully saturated rings. The van der Waals surface area contributed by atoms with Crippen LogP contribution in [0.5, 0.6) is 5.88 Å². The first kappa shape index (κ1) is 17.9. The predicted octanol–water partition coefficient (Wildman–Crippen LogP) is 2.20. The van der Waals surface area contributed by atoms with E-state index in [1.807, 2.05) is 0 Å². The summed E-state index contributed by atoms with van der Waals surface area (Å²) in [5.41, 5.74) is 1.07. The molecule has 2 amide bonds. The molecular formula is C17H15ClFN3O4. The number of carbonyl (C=O) groups excluding carboxylic acids is 2. The van der Waals surface area contributed by atoms with Crippen molar-refractivity contribution in [3.63, 3.8) is 0 Å². The van der Waals surface area contributed by atoms with E-state index >= 15 is 0 Å². The van der Waals surface area contributed by atoms with Gasteiger partial charge in [-0.2, -0.15) is 0 Å². The fourth-order valence-corrected chi connectivity index (χ4v) is 2.79. The number of cyclic esters (lactones) is 1. The van der Waals surface area contributed by atoms with Gasteiger partial charge in [-0.25, -0.2) is 14.2 Å². The highest BCUT2D eigenvalue weighted by Crippen LogP contribution is 2.30. The summed E-state index contributed by atoms with van der Waals surface area (Å²) in [6, 6.07) is 6.77. The lowest BCUT2D eigenvalue weighted by molar-refractivity contribution is -0.128. The Hall–Kier alpha value is -2.87. The van der Waals surface area contributed by atoms with Crippen molar-refractivity contribution in [1.29, 1.82) is 0 Å². The molecule has 1 aromatic carbocycles. The number of halogens is 2. The van der Waals surface area contributed by atoms with Crippen LogP contribution in [0.2, 0.25) is 5.02 Å². The molecule has 1 aliphatic heterocycles. The van der Waals surface area contributed by atoms with Gasteiger partial charge in [0.05, 0.1) is 24.7 Å². The summed E-state index contributed by atoms with van der Waals surface area (Å²) in [5.74, 6) is -0.799. The quantitative estimate of drug-likeness (QED) is 0.831. The second-order valence-corrected chi connectivity index (χ2v) is 5.90. The molecule has 3 rings (SSSR count). The summed E-state index contributed by atoms with van der Waals surface area (Å²) in [6.45, 7) is 0.0612. The number of nitrogens with one attached hydrogen (secondary N) is 2. The van der Waals surface area contributed by atoms with Crippen LogP contribution in [0.4, 0.5) is 9.18 Å². The average molecular weight is 380 g/mol. The van der Waals surface area contributed by atoms with Crippen molar-refractivity contribution in [3.8, 4) is 5.88 Å². The number of alkyl carbamates (subject to hydrolysis) is 1. The highest BCUT2D eigenvalue weighted by Gasteiger charge is 2.32. The molecule has 1 aromatic heterocycles. The van der Waals surface area contributed by atoms with Crippen LogP contribution < -0.4 is 15.4 Å². The first-order valence-electron chi connectivity index (χ1n) is 7.68. The Morgan fingerprint density at radius 2 is 2.31 bits per heavy atom. The van der Waals surface area contributed by atoms with Crippen molar-refractivity contribution >= 4 is 23.6 Å². The molecule has 136 valence electrons. The van der Waals surface area contributed by atoms with E-state index < -0.39 is 30.0 Å². The van der Waals surface area contributed by atoms with Crippen LogP contribution in [0, 0.1) is 5.82 Å². The first-order valence-corrected chi connectivity index (χ1v) is 8.06. The van der Waals surface area contributed by atoms with E-state index in [4.69, 9.17) is 21.1 Å². The van der Waals surface area contributed by atoms with Crippen molar-refractivity contribution in [2.24, 2.45) is 0 Å². The van der Waals surface area contributed by atoms with Gasteiger partial charge in [-0.15, -0.1) is 0 Å². The van der Waals surface area contributed by atoms with Gasteiger partial charge in [0.25, 0.3) is 5.91 Å². The molecule has 0 saturated carbocycles. The molecular weight excluding hydrogens is 365 g/mol. The molecule has 2 heterocycles. The number of methoxy groups -OCH3 is 1. The number of carbonyl (C=O) groups is 2. The normalized spacial score (nSPS) is 17.2. The van der Waals surface area contributed by atoms with Gasteiger partial charge in [-0.3, -0.25) is 4.79 Å². The average Bonchev–Trinajstić information content (AvgIpc) is 3.08. The number of rotatable bonds is 5. The minimum absolute atomic E-state index is 0.0612. The number of ether oxygens (including phenoxy) is 2. The van der Waals surface area contributed by atoms with E-state index in [9.17, 15) is 14.0 Å². The van der Waals surface area contributed by atoms with Crippen LogP contribution in [0.15, 0.2) is 36.5 Å². The van der Waals surface area contributed by atoms with E-state index in [-0.39, 0.29) is 11.6 Å². The minimum atomic E-state index is -0.969. The van der Waals surface area contributed by atoms with Crippen molar-refractivity contribution in [1.82, 2.24) is 15.6 Å². The van der Waals surface area contributed by atoms with Crippen LogP contribution in [-0.4, -0.2) is 36.7 Å². The van der Waals surface area contributed by atoms with Gasteiger partial charge in [-0.05, 0) is 29.8 Å². The lowest BCUT2D eigenvalue weighted by atomic mass is 9.99. The highest BCUT2D eigenvalue weighted by molar-refractivity contribution is 6.30. The molecule has 0 spiro atoms. The third kappa shape index (κ3) is 3.70. The van der Waals surface area contributed by atoms with Gasteiger partial charge < -0.3 is 20.1 Å². The Bertz CT molecular complexity index is 849. The zero-order chi connectivity index (χ0) is 18.7. The van der Waals surface area contributed by atoms with Crippen LogP contribution in [0.3, 0.4) is 0 Å². The maximum Gasteiger partial charge on any atom is 0.408 e. The van der Waals surface area contributed by atoms with Gasteiger partial charge in [0.15, 0.2) is 6.10 Å². The molecule has 26 heavy (non-hydrogen) atoms. The Balaban J connectivity index is 1.97. The SMILES string of the molecule is COc1ncccc1[C@H](NC(=O)C1CNC(=O)O1)c1ccc(F)c(Cl)c1. The number of pyridine rings is 1. The fourth-order valence-electron chi connectivity index (χ4n) is 2.60. The molecule has 0 bridgehead atoms. The maximum atomic E-state index is 13.5. The van der Waals surface area contributed by atoms with Crippen molar-refractivity contribution < 1.29 is 23.5 Å². The van der Waals surface area contributed by atoms with E-state index in [0.29, 0.717) is 17.0 Å². The number of benzene rings is 1. The summed E-state index contributed by atoms with van der Waals surface area (Å²) in [7, 11) is 1.45. The van der Waals surface area contributed by atoms with Crippen LogP contribution in [-0.2, 0) is 9.53 Å². The van der Waals surface area contributed by atoms with Crippen molar-refractivity contribution in [2.75, 3.05) is 13.7 Å². The Morgan fingerprint density at radius 3 is 2.96 bits per heavy atom. The Kier molecular flexibility index (Phi) is 5.22. The predicted molar refractivity (Wildman–Crippen MR) is 90.5 cm³/mol. The molecule has 1 saturated heterocycles. The fraction of sp³-hybridized carbons (Fsp3) is 0.235. The third-order valence-corrected chi connectivity index (χ3v) is 4.13. The van der Waals surface area contributed by atoms with Gasteiger partial charge in [-0.1, -0.05) is 17.7 Å². The molecule has 2 aromatic rings. The van der Waals surface area contributed by atoms with E-state index in [1.165, 1.54) is 25.3 Å². The number of nitrogens with zero attached hydrogens (tertiary/aromatic N) is 1. The van der Waals surface area contributed by atoms with Crippen molar-refractivity contribution in [2.45, 2.75) is 12.1 Å². The van der Waals surface area contributed by atoms with Gasteiger partial charge in [0, 0.05) is 11.8 Å². The second-order valence-electron chi connectivity index (χ2n) is 5.49. The van der Waals surface area contributed by atoms with Crippen LogP contribution >= 0.6 is 11.6 Å². The Labute approximate surface area is 153 Å². The maximum absolute atomic E-state index is 13.5. The molecule has 7 nitrogen and oxygen atoms in total. The summed E-state index contributed by atoms with van der Waals surface area (Å²) in [6.07, 6.45) is -0.0873. The summed E-state index contributed by atoms with van der Waals surface area (Å²) in [5, 5.41) is 5.10. The highest BCUT2D eigenvalue weighted by atomic mass is 35.5. The molecule has 1 aliphatic rings. The molecule has 1 unspecified atom stereocenters. The summed E-state index contributed by atoms with van der Waals surface area (Å²) < 4.78 is 23.7. The molecule has 2 N–H and O–H groups in total. The lowest BCUT2D eigenvalue weighted by Crippen LogP contribution is -2.39. The van der Waals surface area contributed by atoms with Crippen molar-refractivity contribution in [3.05, 3.63) is 58.5 Å². The Morgan fingerprint density at radius 1 is 1.50 bits per heavy atom. The summed E-state index contributed by atoms with van der Waals surface area (Å²) in [4.78, 5) is 27.8. The lowest BCUT2D eigenvalue weighted by Gasteiger charge is -2.22.